The van der Waals surface area contributed by atoms with Gasteiger partial charge in [-0.15, -0.1) is 0 Å². The molecule has 2 saturated carbocycles. The van der Waals surface area contributed by atoms with Crippen LogP contribution < -0.4 is 29.6 Å². The van der Waals surface area contributed by atoms with Gasteiger partial charge in [-0.2, -0.15) is 0 Å². The van der Waals surface area contributed by atoms with Crippen LogP contribution in [-0.4, -0.2) is 29.6 Å². The number of esters is 1. The number of methoxy groups -OCH3 is 1. The molecule has 22 heavy (non-hydrogen) atoms. The molecule has 0 unspecified atom stereocenters. The molecule has 2 aliphatic carbocycles. The molecule has 6 heteroatoms. The maximum absolute atomic E-state index is 10.6. The minimum Gasteiger partial charge on any atom is -0.870 e. The number of hydrogen-bond donors (Lipinski definition) is 1. The topological polar surface area (TPSA) is 93.6 Å². The van der Waals surface area contributed by atoms with Gasteiger partial charge in [-0.1, -0.05) is 33.1 Å². The van der Waals surface area contributed by atoms with E-state index in [1.54, 1.807) is 0 Å². The fourth-order valence-corrected chi connectivity index (χ4v) is 1.99. The first kappa shape index (κ1) is 26.8. The minimum atomic E-state index is -0.657. The molecule has 0 aliphatic heterocycles. The van der Waals surface area contributed by atoms with Crippen LogP contribution >= 0.6 is 0 Å². The van der Waals surface area contributed by atoms with Crippen LogP contribution in [0.15, 0.2) is 0 Å². The van der Waals surface area contributed by atoms with Crippen LogP contribution in [0.25, 0.3) is 0 Å². The van der Waals surface area contributed by atoms with Crippen molar-refractivity contribution in [3.05, 3.63) is 0 Å². The molecule has 0 heterocycles. The number of hydrogen-bond acceptors (Lipinski definition) is 4. The average Bonchev–Trinajstić information content (AvgIpc) is 3.23. The van der Waals surface area contributed by atoms with Gasteiger partial charge in [0.25, 0.3) is 0 Å². The Bertz CT molecular complexity index is 288. The number of rotatable bonds is 8. The Morgan fingerprint density at radius 3 is 1.73 bits per heavy atom. The fourth-order valence-electron chi connectivity index (χ4n) is 1.99. The summed E-state index contributed by atoms with van der Waals surface area (Å²) in [5.41, 5.74) is 0. The van der Waals surface area contributed by atoms with Gasteiger partial charge >= 0.3 is 41.5 Å². The molecule has 2 aliphatic rings. The fraction of sp³-hybridized carbons (Fsp3) is 0.875. The largest absolute Gasteiger partial charge is 1.00 e. The second kappa shape index (κ2) is 15.8. The maximum atomic E-state index is 10.6. The summed E-state index contributed by atoms with van der Waals surface area (Å²) < 4.78 is 4.51. The normalized spacial score (nSPS) is 15.0. The number of carbonyl (C=O) groups is 2. The van der Waals surface area contributed by atoms with Crippen molar-refractivity contribution in [3.8, 4) is 0 Å². The molecule has 0 aromatic heterocycles. The van der Waals surface area contributed by atoms with Gasteiger partial charge in [0, 0.05) is 12.8 Å². The number of carboxylic acids is 1. The molecular weight excluding hydrogens is 295 g/mol. The van der Waals surface area contributed by atoms with Crippen molar-refractivity contribution in [2.45, 2.75) is 71.6 Å². The Labute approximate surface area is 156 Å². The Balaban J connectivity index is -0.000000290. The SMILES string of the molecule is C.COC(=O)CCCC1CC1.O=C(O)CCCC1CC1.[Na+].[OH-]. The third kappa shape index (κ3) is 18.0. The van der Waals surface area contributed by atoms with E-state index in [0.717, 1.165) is 31.1 Å². The summed E-state index contributed by atoms with van der Waals surface area (Å²) >= 11 is 0. The number of carbonyl (C=O) groups excluding carboxylic acids is 1. The van der Waals surface area contributed by atoms with Crippen molar-refractivity contribution < 1.29 is 54.5 Å². The van der Waals surface area contributed by atoms with Crippen molar-refractivity contribution in [2.24, 2.45) is 11.8 Å². The van der Waals surface area contributed by atoms with Crippen molar-refractivity contribution in [2.75, 3.05) is 7.11 Å². The molecule has 0 spiro atoms. The van der Waals surface area contributed by atoms with Crippen molar-refractivity contribution in [1.82, 2.24) is 0 Å². The summed E-state index contributed by atoms with van der Waals surface area (Å²) in [6.45, 7) is 0. The van der Waals surface area contributed by atoms with E-state index in [2.05, 4.69) is 4.74 Å². The third-order valence-corrected chi connectivity index (χ3v) is 3.62. The van der Waals surface area contributed by atoms with Crippen molar-refractivity contribution >= 4 is 11.9 Å². The molecule has 2 N–H and O–H groups in total. The first-order chi connectivity index (χ1) is 9.11. The van der Waals surface area contributed by atoms with E-state index in [-0.39, 0.29) is 48.4 Å². The van der Waals surface area contributed by atoms with E-state index in [0.29, 0.717) is 12.8 Å². The third-order valence-electron chi connectivity index (χ3n) is 3.62. The zero-order valence-corrected chi connectivity index (χ0v) is 15.3. The molecule has 0 saturated heterocycles. The summed E-state index contributed by atoms with van der Waals surface area (Å²) in [5.74, 6) is 1.09. The van der Waals surface area contributed by atoms with Crippen LogP contribution in [0.1, 0.15) is 71.6 Å². The average molecular weight is 326 g/mol. The predicted molar refractivity (Wildman–Crippen MR) is 81.5 cm³/mol. The van der Waals surface area contributed by atoms with E-state index in [1.165, 1.54) is 39.2 Å². The first-order valence-electron chi connectivity index (χ1n) is 7.40. The van der Waals surface area contributed by atoms with Crippen molar-refractivity contribution in [1.29, 1.82) is 0 Å². The smallest absolute Gasteiger partial charge is 0.870 e. The summed E-state index contributed by atoms with van der Waals surface area (Å²) in [5, 5.41) is 8.25. The number of ether oxygens (including phenoxy) is 1. The van der Waals surface area contributed by atoms with Crippen molar-refractivity contribution in [3.63, 3.8) is 0 Å². The molecule has 0 bridgehead atoms. The Hall–Kier alpha value is -0.100. The molecular formula is C16H31NaO5. The van der Waals surface area contributed by atoms with Crippen LogP contribution in [-0.2, 0) is 14.3 Å². The van der Waals surface area contributed by atoms with Crippen LogP contribution in [0.4, 0.5) is 0 Å². The Morgan fingerprint density at radius 1 is 1.00 bits per heavy atom. The number of aliphatic carboxylic acids is 1. The molecule has 0 aromatic rings. The van der Waals surface area contributed by atoms with Crippen LogP contribution in [0, 0.1) is 11.8 Å². The molecule has 0 amide bonds. The van der Waals surface area contributed by atoms with E-state index < -0.39 is 5.97 Å². The summed E-state index contributed by atoms with van der Waals surface area (Å²) in [6.07, 6.45) is 10.6. The summed E-state index contributed by atoms with van der Waals surface area (Å²) in [6, 6.07) is 0. The predicted octanol–water partition coefficient (Wildman–Crippen LogP) is 0.854. The molecule has 5 nitrogen and oxygen atoms in total. The van der Waals surface area contributed by atoms with Gasteiger partial charge < -0.3 is 15.3 Å². The maximum Gasteiger partial charge on any atom is 1.00 e. The second-order valence-electron chi connectivity index (χ2n) is 5.64. The van der Waals surface area contributed by atoms with Gasteiger partial charge in [0.05, 0.1) is 7.11 Å². The van der Waals surface area contributed by atoms with Gasteiger partial charge in [-0.3, -0.25) is 9.59 Å². The molecule has 0 aromatic carbocycles. The second-order valence-corrected chi connectivity index (χ2v) is 5.64. The van der Waals surface area contributed by atoms with Gasteiger partial charge in [0.2, 0.25) is 0 Å². The standard InChI is InChI=1S/C8H14O2.C7H12O2.CH4.Na.H2O/c1-10-8(9)4-2-3-7-5-6-7;8-7(9)3-1-2-6-4-5-6;;;/h7H,2-6H2,1H3;6H,1-5H2,(H,8,9);1H4;;1H2/q;;;+1;/p-1. The molecule has 0 atom stereocenters. The number of carboxylic acid groups (broad SMARTS) is 1. The first-order valence-corrected chi connectivity index (χ1v) is 7.40. The van der Waals surface area contributed by atoms with Gasteiger partial charge in [0.1, 0.15) is 0 Å². The van der Waals surface area contributed by atoms with Crippen LogP contribution in [0.3, 0.4) is 0 Å². The van der Waals surface area contributed by atoms with Gasteiger partial charge in [0.15, 0.2) is 0 Å². The monoisotopic (exact) mass is 326 g/mol. The van der Waals surface area contributed by atoms with E-state index in [1.807, 2.05) is 0 Å². The van der Waals surface area contributed by atoms with Crippen LogP contribution in [0.5, 0.6) is 0 Å². The van der Waals surface area contributed by atoms with E-state index in [4.69, 9.17) is 5.11 Å². The summed E-state index contributed by atoms with van der Waals surface area (Å²) in [4.78, 5) is 20.6. The molecule has 0 radical (unpaired) electrons. The Kier molecular flexibility index (Phi) is 19.2. The van der Waals surface area contributed by atoms with E-state index in [9.17, 15) is 9.59 Å². The zero-order valence-electron chi connectivity index (χ0n) is 13.3. The molecule has 2 fully saturated rings. The zero-order chi connectivity index (χ0) is 14.1. The quantitative estimate of drug-likeness (QED) is 0.527. The summed E-state index contributed by atoms with van der Waals surface area (Å²) in [7, 11) is 1.44. The van der Waals surface area contributed by atoms with Gasteiger partial charge in [-0.05, 0) is 37.5 Å². The molecule has 126 valence electrons. The van der Waals surface area contributed by atoms with Crippen LogP contribution in [0.2, 0.25) is 0 Å². The van der Waals surface area contributed by atoms with E-state index >= 15 is 0 Å². The van der Waals surface area contributed by atoms with Gasteiger partial charge in [-0.25, -0.2) is 0 Å². The minimum absolute atomic E-state index is 0. The Morgan fingerprint density at radius 2 is 1.41 bits per heavy atom. The molecule has 2 rings (SSSR count).